The van der Waals surface area contributed by atoms with Gasteiger partial charge in [0.15, 0.2) is 0 Å². The molecule has 6 heteroatoms. The molecular weight excluding hydrogens is 282 g/mol. The molecule has 1 rings (SSSR count). The molecule has 0 aromatic heterocycles. The highest BCUT2D eigenvalue weighted by Gasteiger charge is 2.32. The van der Waals surface area contributed by atoms with E-state index in [9.17, 15) is 9.59 Å². The topological polar surface area (TPSA) is 75.9 Å². The van der Waals surface area contributed by atoms with Gasteiger partial charge in [0.2, 0.25) is 5.91 Å². The summed E-state index contributed by atoms with van der Waals surface area (Å²) in [6, 6.07) is -0.500. The van der Waals surface area contributed by atoms with Crippen LogP contribution >= 0.6 is 0 Å². The van der Waals surface area contributed by atoms with Crippen LogP contribution in [0.25, 0.3) is 0 Å². The average molecular weight is 313 g/mol. The van der Waals surface area contributed by atoms with Gasteiger partial charge in [-0.2, -0.15) is 0 Å². The van der Waals surface area contributed by atoms with Crippen LogP contribution in [0.1, 0.15) is 47.5 Å². The molecule has 1 aliphatic rings. The Bertz CT molecular complexity index is 404. The first-order chi connectivity index (χ1) is 10.0. The van der Waals surface area contributed by atoms with Gasteiger partial charge in [0.05, 0.1) is 6.04 Å². The molecule has 0 aromatic carbocycles. The van der Waals surface area contributed by atoms with Crippen molar-refractivity contribution in [3.8, 4) is 0 Å². The first-order valence-corrected chi connectivity index (χ1v) is 8.03. The lowest BCUT2D eigenvalue weighted by Crippen LogP contribution is -2.55. The number of hydrogen-bond donors (Lipinski definition) is 1. The van der Waals surface area contributed by atoms with E-state index in [0.29, 0.717) is 13.1 Å². The Morgan fingerprint density at radius 1 is 1.32 bits per heavy atom. The summed E-state index contributed by atoms with van der Waals surface area (Å²) in [5.74, 6) is 0.0338. The lowest BCUT2D eigenvalue weighted by atomic mass is 10.0. The zero-order valence-corrected chi connectivity index (χ0v) is 14.8. The SMILES string of the molecule is CC(C)C(N)C(=O)N(C)C1CCCN(C(=O)OC(C)(C)C)C1. The van der Waals surface area contributed by atoms with E-state index in [4.69, 9.17) is 10.5 Å². The zero-order valence-electron chi connectivity index (χ0n) is 14.8. The lowest BCUT2D eigenvalue weighted by Gasteiger charge is -2.39. The van der Waals surface area contributed by atoms with Gasteiger partial charge in [-0.3, -0.25) is 4.79 Å². The fourth-order valence-corrected chi connectivity index (χ4v) is 2.46. The van der Waals surface area contributed by atoms with Crippen LogP contribution in [-0.4, -0.2) is 59.6 Å². The normalized spacial score (nSPS) is 20.7. The summed E-state index contributed by atoms with van der Waals surface area (Å²) < 4.78 is 5.41. The Hall–Kier alpha value is -1.30. The second-order valence-electron chi connectivity index (χ2n) is 7.44. The summed E-state index contributed by atoms with van der Waals surface area (Å²) in [7, 11) is 1.77. The number of ether oxygens (including phenoxy) is 1. The number of carbonyl (C=O) groups excluding carboxylic acids is 2. The van der Waals surface area contributed by atoms with E-state index in [0.717, 1.165) is 12.8 Å². The van der Waals surface area contributed by atoms with Gasteiger partial charge in [0.25, 0.3) is 0 Å². The third kappa shape index (κ3) is 5.16. The Balaban J connectivity index is 2.66. The quantitative estimate of drug-likeness (QED) is 0.862. The van der Waals surface area contributed by atoms with E-state index in [1.165, 1.54) is 0 Å². The summed E-state index contributed by atoms with van der Waals surface area (Å²) in [6.07, 6.45) is 1.43. The number of nitrogens with two attached hydrogens (primary N) is 1. The molecule has 1 saturated heterocycles. The van der Waals surface area contributed by atoms with E-state index < -0.39 is 11.6 Å². The number of hydrogen-bond acceptors (Lipinski definition) is 4. The summed E-state index contributed by atoms with van der Waals surface area (Å²) in [5, 5.41) is 0. The van der Waals surface area contributed by atoms with Gasteiger partial charge >= 0.3 is 6.09 Å². The van der Waals surface area contributed by atoms with Crippen LogP contribution in [0.5, 0.6) is 0 Å². The number of nitrogens with zero attached hydrogens (tertiary/aromatic N) is 2. The van der Waals surface area contributed by atoms with Crippen molar-refractivity contribution in [3.05, 3.63) is 0 Å². The molecule has 0 spiro atoms. The molecule has 128 valence electrons. The molecule has 1 aliphatic heterocycles. The van der Waals surface area contributed by atoms with Crippen LogP contribution in [-0.2, 0) is 9.53 Å². The van der Waals surface area contributed by atoms with Crippen molar-refractivity contribution in [2.24, 2.45) is 11.7 Å². The smallest absolute Gasteiger partial charge is 0.410 e. The van der Waals surface area contributed by atoms with Crippen molar-refractivity contribution in [2.45, 2.75) is 65.1 Å². The molecule has 0 aromatic rings. The van der Waals surface area contributed by atoms with E-state index in [1.54, 1.807) is 16.8 Å². The van der Waals surface area contributed by atoms with Crippen molar-refractivity contribution in [1.29, 1.82) is 0 Å². The largest absolute Gasteiger partial charge is 0.444 e. The van der Waals surface area contributed by atoms with Crippen molar-refractivity contribution in [3.63, 3.8) is 0 Å². The molecule has 2 unspecified atom stereocenters. The average Bonchev–Trinajstić information content (AvgIpc) is 2.43. The fourth-order valence-electron chi connectivity index (χ4n) is 2.46. The number of carbonyl (C=O) groups is 2. The van der Waals surface area contributed by atoms with Crippen LogP contribution in [0.3, 0.4) is 0 Å². The molecule has 2 N–H and O–H groups in total. The Kier molecular flexibility index (Phi) is 6.23. The molecule has 6 nitrogen and oxygen atoms in total. The number of piperidine rings is 1. The van der Waals surface area contributed by atoms with Gasteiger partial charge in [0, 0.05) is 26.2 Å². The lowest BCUT2D eigenvalue weighted by molar-refractivity contribution is -0.135. The minimum atomic E-state index is -0.508. The zero-order chi connectivity index (χ0) is 17.1. The molecular formula is C16H31N3O3. The van der Waals surface area contributed by atoms with E-state index in [1.807, 2.05) is 34.6 Å². The van der Waals surface area contributed by atoms with Crippen LogP contribution < -0.4 is 5.73 Å². The fraction of sp³-hybridized carbons (Fsp3) is 0.875. The highest BCUT2D eigenvalue weighted by molar-refractivity contribution is 5.82. The number of rotatable bonds is 3. The minimum absolute atomic E-state index is 0.00133. The molecule has 1 heterocycles. The highest BCUT2D eigenvalue weighted by Crippen LogP contribution is 2.19. The van der Waals surface area contributed by atoms with Crippen molar-refractivity contribution in [1.82, 2.24) is 9.80 Å². The maximum Gasteiger partial charge on any atom is 0.410 e. The minimum Gasteiger partial charge on any atom is -0.444 e. The monoisotopic (exact) mass is 313 g/mol. The standard InChI is InChI=1S/C16H31N3O3/c1-11(2)13(17)14(20)18(6)12-8-7-9-19(10-12)15(21)22-16(3,4)5/h11-13H,7-10,17H2,1-6H3. The van der Waals surface area contributed by atoms with Gasteiger partial charge in [-0.15, -0.1) is 0 Å². The van der Waals surface area contributed by atoms with Gasteiger partial charge in [-0.25, -0.2) is 4.79 Å². The third-order valence-electron chi connectivity index (χ3n) is 3.95. The van der Waals surface area contributed by atoms with Crippen LogP contribution in [0.4, 0.5) is 4.79 Å². The second kappa shape index (κ2) is 7.31. The van der Waals surface area contributed by atoms with Crippen LogP contribution in [0, 0.1) is 5.92 Å². The molecule has 0 radical (unpaired) electrons. The van der Waals surface area contributed by atoms with Gasteiger partial charge in [0.1, 0.15) is 5.60 Å². The first-order valence-electron chi connectivity index (χ1n) is 8.03. The van der Waals surface area contributed by atoms with E-state index >= 15 is 0 Å². The van der Waals surface area contributed by atoms with Crippen molar-refractivity contribution >= 4 is 12.0 Å². The molecule has 2 amide bonds. The summed E-state index contributed by atoms with van der Waals surface area (Å²) in [4.78, 5) is 27.9. The van der Waals surface area contributed by atoms with E-state index in [-0.39, 0.29) is 24.0 Å². The first kappa shape index (κ1) is 18.7. The number of likely N-dealkylation sites (N-methyl/N-ethyl adjacent to an activating group) is 1. The molecule has 0 saturated carbocycles. The van der Waals surface area contributed by atoms with Crippen molar-refractivity contribution < 1.29 is 14.3 Å². The summed E-state index contributed by atoms with van der Waals surface area (Å²) in [6.45, 7) is 10.6. The molecule has 1 fully saturated rings. The molecule has 2 atom stereocenters. The van der Waals surface area contributed by atoms with Gasteiger partial charge in [-0.05, 0) is 39.5 Å². The van der Waals surface area contributed by atoms with Gasteiger partial charge in [-0.1, -0.05) is 13.8 Å². The Morgan fingerprint density at radius 2 is 1.91 bits per heavy atom. The highest BCUT2D eigenvalue weighted by atomic mass is 16.6. The van der Waals surface area contributed by atoms with E-state index in [2.05, 4.69) is 0 Å². The maximum absolute atomic E-state index is 12.4. The third-order valence-corrected chi connectivity index (χ3v) is 3.95. The predicted octanol–water partition coefficient (Wildman–Crippen LogP) is 1.83. The Labute approximate surface area is 134 Å². The van der Waals surface area contributed by atoms with Gasteiger partial charge < -0.3 is 20.3 Å². The summed E-state index contributed by atoms with van der Waals surface area (Å²) >= 11 is 0. The van der Waals surface area contributed by atoms with Crippen molar-refractivity contribution in [2.75, 3.05) is 20.1 Å². The Morgan fingerprint density at radius 3 is 2.41 bits per heavy atom. The molecule has 0 aliphatic carbocycles. The molecule has 22 heavy (non-hydrogen) atoms. The number of amides is 2. The maximum atomic E-state index is 12.4. The summed E-state index contributed by atoms with van der Waals surface area (Å²) in [5.41, 5.74) is 5.44. The number of likely N-dealkylation sites (tertiary alicyclic amines) is 1. The van der Waals surface area contributed by atoms with Crippen LogP contribution in [0.15, 0.2) is 0 Å². The molecule has 0 bridgehead atoms. The predicted molar refractivity (Wildman–Crippen MR) is 86.4 cm³/mol. The second-order valence-corrected chi connectivity index (χ2v) is 7.44. The van der Waals surface area contributed by atoms with Crippen LogP contribution in [0.2, 0.25) is 0 Å².